The lowest BCUT2D eigenvalue weighted by molar-refractivity contribution is -0.199. The van der Waals surface area contributed by atoms with Crippen molar-refractivity contribution in [2.24, 2.45) is 0 Å². The molecule has 4 atom stereocenters. The van der Waals surface area contributed by atoms with Gasteiger partial charge in [-0.25, -0.2) is 0 Å². The molecule has 3 nitrogen and oxygen atoms in total. The molecular weight excluding hydrogens is 144 g/mol. The number of aliphatic hydroxyl groups excluding tert-OH is 1. The van der Waals surface area contributed by atoms with Gasteiger partial charge in [-0.2, -0.15) is 0 Å². The van der Waals surface area contributed by atoms with Crippen LogP contribution < -0.4 is 0 Å². The Morgan fingerprint density at radius 3 is 2.45 bits per heavy atom. The highest BCUT2D eigenvalue weighted by Gasteiger charge is 2.41. The van der Waals surface area contributed by atoms with Crippen LogP contribution in [0.15, 0.2) is 0 Å². The molecule has 2 N–H and O–H groups in total. The van der Waals surface area contributed by atoms with Crippen molar-refractivity contribution in [2.45, 2.75) is 51.1 Å². The molecule has 0 aromatic rings. The van der Waals surface area contributed by atoms with Gasteiger partial charge in [-0.3, -0.25) is 0 Å². The van der Waals surface area contributed by atoms with Gasteiger partial charge in [-0.1, -0.05) is 0 Å². The van der Waals surface area contributed by atoms with Crippen molar-refractivity contribution in [1.29, 1.82) is 0 Å². The van der Waals surface area contributed by atoms with Crippen LogP contribution in [-0.2, 0) is 4.74 Å². The quantitative estimate of drug-likeness (QED) is 0.535. The molecule has 11 heavy (non-hydrogen) atoms. The van der Waals surface area contributed by atoms with Gasteiger partial charge in [-0.15, -0.1) is 0 Å². The van der Waals surface area contributed by atoms with Crippen molar-refractivity contribution in [3.8, 4) is 0 Å². The minimum Gasteiger partial charge on any atom is -0.387 e. The third kappa shape index (κ3) is 1.72. The SMILES string of the molecule is CC1O[C@@H](C)CC(C)(O)[C@@H]1O. The highest BCUT2D eigenvalue weighted by atomic mass is 16.5. The van der Waals surface area contributed by atoms with E-state index in [0.717, 1.165) is 0 Å². The number of hydrogen-bond donors (Lipinski definition) is 2. The van der Waals surface area contributed by atoms with Gasteiger partial charge >= 0.3 is 0 Å². The minimum atomic E-state index is -0.989. The predicted octanol–water partition coefficient (Wildman–Crippen LogP) is 0.296. The summed E-state index contributed by atoms with van der Waals surface area (Å²) in [6, 6.07) is 0. The van der Waals surface area contributed by atoms with E-state index in [4.69, 9.17) is 4.74 Å². The predicted molar refractivity (Wildman–Crippen MR) is 41.3 cm³/mol. The van der Waals surface area contributed by atoms with E-state index in [1.54, 1.807) is 13.8 Å². The maximum atomic E-state index is 9.65. The maximum absolute atomic E-state index is 9.65. The van der Waals surface area contributed by atoms with E-state index in [-0.39, 0.29) is 12.2 Å². The molecule has 1 rings (SSSR count). The third-order valence-corrected chi connectivity index (χ3v) is 2.23. The van der Waals surface area contributed by atoms with E-state index in [1.165, 1.54) is 0 Å². The average Bonchev–Trinajstić information content (AvgIpc) is 1.81. The second kappa shape index (κ2) is 2.73. The van der Waals surface area contributed by atoms with Crippen LogP contribution in [-0.4, -0.2) is 34.1 Å². The minimum absolute atomic E-state index is 0.0309. The second-order valence-corrected chi connectivity index (χ2v) is 3.66. The van der Waals surface area contributed by atoms with E-state index >= 15 is 0 Å². The molecule has 0 amide bonds. The number of aliphatic hydroxyl groups is 2. The van der Waals surface area contributed by atoms with E-state index in [9.17, 15) is 10.2 Å². The molecule has 0 aromatic heterocycles. The molecule has 0 bridgehead atoms. The summed E-state index contributed by atoms with van der Waals surface area (Å²) in [5, 5.41) is 19.1. The summed E-state index contributed by atoms with van der Waals surface area (Å²) in [6.45, 7) is 5.32. The first-order valence-electron chi connectivity index (χ1n) is 3.99. The maximum Gasteiger partial charge on any atom is 0.108 e. The van der Waals surface area contributed by atoms with Crippen molar-refractivity contribution >= 4 is 0 Å². The Labute approximate surface area is 67.0 Å². The third-order valence-electron chi connectivity index (χ3n) is 2.23. The van der Waals surface area contributed by atoms with E-state index in [2.05, 4.69) is 0 Å². The highest BCUT2D eigenvalue weighted by Crippen LogP contribution is 2.28. The van der Waals surface area contributed by atoms with Gasteiger partial charge in [0.2, 0.25) is 0 Å². The summed E-state index contributed by atoms with van der Waals surface area (Å²) >= 11 is 0. The zero-order valence-corrected chi connectivity index (χ0v) is 7.24. The fraction of sp³-hybridized carbons (Fsp3) is 1.00. The van der Waals surface area contributed by atoms with Crippen molar-refractivity contribution in [3.05, 3.63) is 0 Å². The zero-order chi connectivity index (χ0) is 8.65. The molecule has 0 aliphatic carbocycles. The smallest absolute Gasteiger partial charge is 0.108 e. The zero-order valence-electron chi connectivity index (χ0n) is 7.24. The average molecular weight is 160 g/mol. The fourth-order valence-corrected chi connectivity index (χ4v) is 1.70. The topological polar surface area (TPSA) is 49.7 Å². The standard InChI is InChI=1S/C8H16O3/c1-5-4-8(3,10)7(9)6(2)11-5/h5-7,9-10H,4H2,1-3H3/t5-,6?,7+,8?/m0/s1. The molecule has 3 heteroatoms. The lowest BCUT2D eigenvalue weighted by atomic mass is 9.87. The van der Waals surface area contributed by atoms with E-state index < -0.39 is 11.7 Å². The van der Waals surface area contributed by atoms with Crippen molar-refractivity contribution < 1.29 is 14.9 Å². The first-order chi connectivity index (χ1) is 4.93. The van der Waals surface area contributed by atoms with Gasteiger partial charge in [0.25, 0.3) is 0 Å². The van der Waals surface area contributed by atoms with Crippen molar-refractivity contribution in [1.82, 2.24) is 0 Å². The van der Waals surface area contributed by atoms with Crippen LogP contribution in [0, 0.1) is 0 Å². The van der Waals surface area contributed by atoms with Gasteiger partial charge in [0.05, 0.1) is 17.8 Å². The molecule has 0 aromatic carbocycles. The van der Waals surface area contributed by atoms with Gasteiger partial charge in [0.1, 0.15) is 6.10 Å². The molecule has 0 radical (unpaired) electrons. The monoisotopic (exact) mass is 160 g/mol. The molecule has 0 saturated carbocycles. The summed E-state index contributed by atoms with van der Waals surface area (Å²) in [6.07, 6.45) is -0.505. The van der Waals surface area contributed by atoms with Crippen LogP contribution in [0.1, 0.15) is 27.2 Å². The molecular formula is C8H16O3. The van der Waals surface area contributed by atoms with Crippen LogP contribution in [0.2, 0.25) is 0 Å². The first kappa shape index (κ1) is 8.97. The van der Waals surface area contributed by atoms with Crippen molar-refractivity contribution in [2.75, 3.05) is 0 Å². The summed E-state index contributed by atoms with van der Waals surface area (Å²) in [5.74, 6) is 0. The fourth-order valence-electron chi connectivity index (χ4n) is 1.70. The van der Waals surface area contributed by atoms with Gasteiger partial charge in [0.15, 0.2) is 0 Å². The Kier molecular flexibility index (Phi) is 2.23. The summed E-state index contributed by atoms with van der Waals surface area (Å²) in [5.41, 5.74) is -0.989. The lowest BCUT2D eigenvalue weighted by Gasteiger charge is -2.41. The molecule has 1 heterocycles. The lowest BCUT2D eigenvalue weighted by Crippen LogP contribution is -2.53. The number of ether oxygens (including phenoxy) is 1. The van der Waals surface area contributed by atoms with Crippen LogP contribution in [0.5, 0.6) is 0 Å². The Morgan fingerprint density at radius 2 is 2.00 bits per heavy atom. The van der Waals surface area contributed by atoms with Crippen molar-refractivity contribution in [3.63, 3.8) is 0 Å². The summed E-state index contributed by atoms with van der Waals surface area (Å²) in [4.78, 5) is 0. The Balaban J connectivity index is 2.67. The Hall–Kier alpha value is -0.120. The highest BCUT2D eigenvalue weighted by molar-refractivity contribution is 4.91. The molecule has 1 aliphatic rings. The van der Waals surface area contributed by atoms with Crippen LogP contribution in [0.3, 0.4) is 0 Å². The second-order valence-electron chi connectivity index (χ2n) is 3.66. The van der Waals surface area contributed by atoms with Crippen LogP contribution in [0.4, 0.5) is 0 Å². The molecule has 0 spiro atoms. The molecule has 66 valence electrons. The summed E-state index contributed by atoms with van der Waals surface area (Å²) in [7, 11) is 0. The van der Waals surface area contributed by atoms with Crippen LogP contribution >= 0.6 is 0 Å². The van der Waals surface area contributed by atoms with Gasteiger partial charge in [0, 0.05) is 6.42 Å². The van der Waals surface area contributed by atoms with Gasteiger partial charge < -0.3 is 14.9 Å². The molecule has 1 saturated heterocycles. The Bertz CT molecular complexity index is 144. The summed E-state index contributed by atoms with van der Waals surface area (Å²) < 4.78 is 5.32. The first-order valence-corrected chi connectivity index (χ1v) is 3.99. The largest absolute Gasteiger partial charge is 0.387 e. The number of hydrogen-bond acceptors (Lipinski definition) is 3. The van der Waals surface area contributed by atoms with Crippen LogP contribution in [0.25, 0.3) is 0 Å². The molecule has 1 fully saturated rings. The Morgan fingerprint density at radius 1 is 1.45 bits per heavy atom. The molecule has 1 aliphatic heterocycles. The van der Waals surface area contributed by atoms with E-state index in [0.29, 0.717) is 6.42 Å². The van der Waals surface area contributed by atoms with Gasteiger partial charge in [-0.05, 0) is 20.8 Å². The van der Waals surface area contributed by atoms with E-state index in [1.807, 2.05) is 6.92 Å². The molecule has 2 unspecified atom stereocenters. The number of rotatable bonds is 0. The normalized spacial score (nSPS) is 52.6.